The topological polar surface area (TPSA) is 18.5 Å². The van der Waals surface area contributed by atoms with Crippen LogP contribution in [0.15, 0.2) is 24.3 Å². The average molecular weight is 323 g/mol. The summed E-state index contributed by atoms with van der Waals surface area (Å²) in [5, 5.41) is 0. The highest BCUT2D eigenvalue weighted by molar-refractivity contribution is 5.31. The van der Waals surface area contributed by atoms with Crippen molar-refractivity contribution < 1.29 is 14.0 Å². The van der Waals surface area contributed by atoms with Gasteiger partial charge in [-0.2, -0.15) is 0 Å². The molecular weight excluding hydrogens is 286 g/mol. The third-order valence-electron chi connectivity index (χ3n) is 3.87. The molecule has 1 aromatic rings. The van der Waals surface area contributed by atoms with E-state index in [0.29, 0.717) is 0 Å². The zero-order valence-electron chi connectivity index (χ0n) is 15.6. The summed E-state index contributed by atoms with van der Waals surface area (Å²) in [4.78, 5) is 0. The van der Waals surface area contributed by atoms with Gasteiger partial charge in [0, 0.05) is 0 Å². The Labute approximate surface area is 143 Å². The minimum Gasteiger partial charge on any atom is -0.494 e. The van der Waals surface area contributed by atoms with Crippen molar-refractivity contribution in [3.05, 3.63) is 24.3 Å². The Morgan fingerprint density at radius 3 is 1.70 bits per heavy atom. The van der Waals surface area contributed by atoms with E-state index >= 15 is 0 Å². The molecular formula is C20H36NO2+. The molecule has 0 spiro atoms. The zero-order valence-corrected chi connectivity index (χ0v) is 15.6. The maximum absolute atomic E-state index is 5.79. The third-order valence-corrected chi connectivity index (χ3v) is 3.87. The molecule has 0 amide bonds. The van der Waals surface area contributed by atoms with E-state index in [2.05, 4.69) is 28.1 Å². The molecule has 0 N–H and O–H groups in total. The lowest BCUT2D eigenvalue weighted by atomic mass is 10.1. The first-order valence-corrected chi connectivity index (χ1v) is 9.17. The second-order valence-corrected chi connectivity index (χ2v) is 7.30. The Morgan fingerprint density at radius 1 is 0.696 bits per heavy atom. The molecule has 0 bridgehead atoms. The van der Waals surface area contributed by atoms with E-state index in [-0.39, 0.29) is 0 Å². The van der Waals surface area contributed by atoms with Gasteiger partial charge < -0.3 is 14.0 Å². The molecule has 0 unspecified atom stereocenters. The minimum absolute atomic E-state index is 0.738. The normalized spacial score (nSPS) is 11.5. The summed E-state index contributed by atoms with van der Waals surface area (Å²) in [6.07, 6.45) is 9.20. The van der Waals surface area contributed by atoms with Crippen LogP contribution in [0, 0.1) is 0 Å². The number of unbranched alkanes of at least 4 members (excludes halogenated alkanes) is 6. The van der Waals surface area contributed by atoms with Gasteiger partial charge in [-0.05, 0) is 30.7 Å². The highest BCUT2D eigenvalue weighted by Crippen LogP contribution is 2.18. The number of ether oxygens (including phenoxy) is 2. The maximum atomic E-state index is 5.79. The van der Waals surface area contributed by atoms with Crippen molar-refractivity contribution >= 4 is 0 Å². The minimum atomic E-state index is 0.738. The van der Waals surface area contributed by atoms with Gasteiger partial charge in [-0.1, -0.05) is 45.4 Å². The number of quaternary nitrogens is 1. The predicted octanol–water partition coefficient (Wildman–Crippen LogP) is 4.90. The van der Waals surface area contributed by atoms with Crippen LogP contribution in [0.25, 0.3) is 0 Å². The van der Waals surface area contributed by atoms with Crippen LogP contribution in [0.4, 0.5) is 0 Å². The van der Waals surface area contributed by atoms with Gasteiger partial charge in [-0.3, -0.25) is 0 Å². The summed E-state index contributed by atoms with van der Waals surface area (Å²) >= 11 is 0. The van der Waals surface area contributed by atoms with Crippen LogP contribution >= 0.6 is 0 Å². The molecule has 0 aliphatic heterocycles. The Kier molecular flexibility index (Phi) is 9.77. The maximum Gasteiger partial charge on any atom is 0.137 e. The molecule has 1 rings (SSSR count). The number of likely N-dealkylation sites (N-methyl/N-ethyl adjacent to an activating group) is 1. The lowest BCUT2D eigenvalue weighted by Gasteiger charge is -2.23. The second-order valence-electron chi connectivity index (χ2n) is 7.30. The van der Waals surface area contributed by atoms with Gasteiger partial charge in [0.25, 0.3) is 0 Å². The molecule has 132 valence electrons. The Morgan fingerprint density at radius 2 is 1.17 bits per heavy atom. The summed E-state index contributed by atoms with van der Waals surface area (Å²) < 4.78 is 12.5. The molecule has 3 nitrogen and oxygen atoms in total. The molecule has 0 radical (unpaired) electrons. The van der Waals surface area contributed by atoms with Gasteiger partial charge in [-0.15, -0.1) is 0 Å². The highest BCUT2D eigenvalue weighted by atomic mass is 16.5. The average Bonchev–Trinajstić information content (AvgIpc) is 2.50. The lowest BCUT2D eigenvalue weighted by Crippen LogP contribution is -2.38. The standard InChI is InChI=1S/C20H36NO2/c1-5-6-7-8-9-10-11-17-22-19-12-14-20(15-13-19)23-18-16-21(2,3)4/h12-15H,5-11,16-18H2,1-4H3/q+1. The van der Waals surface area contributed by atoms with Crippen LogP contribution in [0.5, 0.6) is 11.5 Å². The fourth-order valence-electron chi connectivity index (χ4n) is 2.32. The number of hydrogen-bond donors (Lipinski definition) is 0. The molecule has 0 aliphatic carbocycles. The van der Waals surface area contributed by atoms with Crippen molar-refractivity contribution in [2.24, 2.45) is 0 Å². The van der Waals surface area contributed by atoms with E-state index in [1.54, 1.807) is 0 Å². The Balaban J connectivity index is 2.09. The number of nitrogens with zero attached hydrogens (tertiary/aromatic N) is 1. The van der Waals surface area contributed by atoms with Crippen molar-refractivity contribution in [3.63, 3.8) is 0 Å². The van der Waals surface area contributed by atoms with Crippen molar-refractivity contribution in [1.29, 1.82) is 0 Å². The zero-order chi connectivity index (χ0) is 17.0. The number of rotatable bonds is 13. The van der Waals surface area contributed by atoms with E-state index in [1.165, 1.54) is 38.5 Å². The van der Waals surface area contributed by atoms with Gasteiger partial charge in [0.05, 0.1) is 27.7 Å². The van der Waals surface area contributed by atoms with Crippen molar-refractivity contribution in [2.75, 3.05) is 40.9 Å². The summed E-state index contributed by atoms with van der Waals surface area (Å²) in [7, 11) is 6.51. The van der Waals surface area contributed by atoms with E-state index in [1.807, 2.05) is 24.3 Å². The fraction of sp³-hybridized carbons (Fsp3) is 0.700. The number of hydrogen-bond acceptors (Lipinski definition) is 2. The van der Waals surface area contributed by atoms with Crippen LogP contribution < -0.4 is 9.47 Å². The first-order chi connectivity index (χ1) is 11.0. The van der Waals surface area contributed by atoms with Crippen LogP contribution in [0.3, 0.4) is 0 Å². The summed E-state index contributed by atoms with van der Waals surface area (Å²) in [5.41, 5.74) is 0. The summed E-state index contributed by atoms with van der Waals surface area (Å²) in [6.45, 7) is 4.81. The van der Waals surface area contributed by atoms with Crippen LogP contribution in [-0.4, -0.2) is 45.4 Å². The molecule has 3 heteroatoms. The monoisotopic (exact) mass is 322 g/mol. The molecule has 0 fully saturated rings. The lowest BCUT2D eigenvalue weighted by molar-refractivity contribution is -0.870. The molecule has 0 aliphatic rings. The van der Waals surface area contributed by atoms with Gasteiger partial charge in [-0.25, -0.2) is 0 Å². The fourth-order valence-corrected chi connectivity index (χ4v) is 2.32. The molecule has 0 aromatic heterocycles. The second kappa shape index (κ2) is 11.3. The smallest absolute Gasteiger partial charge is 0.137 e. The first-order valence-electron chi connectivity index (χ1n) is 9.17. The Hall–Kier alpha value is -1.22. The molecule has 0 saturated heterocycles. The van der Waals surface area contributed by atoms with Gasteiger partial charge in [0.1, 0.15) is 24.7 Å². The van der Waals surface area contributed by atoms with Crippen molar-refractivity contribution in [2.45, 2.75) is 51.9 Å². The summed E-state index contributed by atoms with van der Waals surface area (Å²) in [5.74, 6) is 1.86. The summed E-state index contributed by atoms with van der Waals surface area (Å²) in [6, 6.07) is 8.00. The van der Waals surface area contributed by atoms with Crippen LogP contribution in [0.2, 0.25) is 0 Å². The van der Waals surface area contributed by atoms with Crippen molar-refractivity contribution in [1.82, 2.24) is 0 Å². The van der Waals surface area contributed by atoms with Gasteiger partial charge in [0.15, 0.2) is 0 Å². The molecule has 0 heterocycles. The van der Waals surface area contributed by atoms with E-state index in [4.69, 9.17) is 9.47 Å². The largest absolute Gasteiger partial charge is 0.494 e. The van der Waals surface area contributed by atoms with Gasteiger partial charge in [0.2, 0.25) is 0 Å². The van der Waals surface area contributed by atoms with E-state index in [9.17, 15) is 0 Å². The third kappa shape index (κ3) is 11.0. The van der Waals surface area contributed by atoms with E-state index in [0.717, 1.165) is 42.2 Å². The number of benzene rings is 1. The van der Waals surface area contributed by atoms with Gasteiger partial charge >= 0.3 is 0 Å². The first kappa shape index (κ1) is 19.8. The predicted molar refractivity (Wildman–Crippen MR) is 98.3 cm³/mol. The molecule has 0 atom stereocenters. The van der Waals surface area contributed by atoms with Crippen LogP contribution in [-0.2, 0) is 0 Å². The molecule has 1 aromatic carbocycles. The molecule has 23 heavy (non-hydrogen) atoms. The quantitative estimate of drug-likeness (QED) is 0.380. The highest BCUT2D eigenvalue weighted by Gasteiger charge is 2.06. The Bertz CT molecular complexity index is 395. The van der Waals surface area contributed by atoms with E-state index < -0.39 is 0 Å². The molecule has 0 saturated carbocycles. The van der Waals surface area contributed by atoms with Crippen LogP contribution in [0.1, 0.15) is 51.9 Å². The SMILES string of the molecule is CCCCCCCCCOc1ccc(OCC[N+](C)(C)C)cc1. The van der Waals surface area contributed by atoms with Crippen molar-refractivity contribution in [3.8, 4) is 11.5 Å².